The third kappa shape index (κ3) is 65.6. The van der Waals surface area contributed by atoms with E-state index < -0.39 is 20.0 Å². The molecule has 0 aliphatic carbocycles. The molecule has 0 aliphatic rings. The number of aliphatic hydroxyl groups excluding tert-OH is 1. The summed E-state index contributed by atoms with van der Waals surface area (Å²) in [6, 6.07) is -0.803. The average molecular weight is 1160 g/mol. The zero-order valence-electron chi connectivity index (χ0n) is 54.5. The first-order valence-corrected chi connectivity index (χ1v) is 36.6. The number of carbonyl (C=O) groups is 1. The Morgan fingerprint density at radius 2 is 0.753 bits per heavy atom. The smallest absolute Gasteiger partial charge is 0.268 e. The summed E-state index contributed by atoms with van der Waals surface area (Å²) < 4.78 is 23.5. The second-order valence-electron chi connectivity index (χ2n) is 25.2. The third-order valence-corrected chi connectivity index (χ3v) is 17.0. The number of hydrogen-bond acceptors (Lipinski definition) is 6. The molecular formula is C72H137N2O6P. The predicted molar refractivity (Wildman–Crippen MR) is 353 cm³/mol. The molecule has 0 heterocycles. The molecule has 476 valence electrons. The number of quaternary nitrogens is 1. The molecule has 3 atom stereocenters. The standard InChI is InChI=1S/C72H137N2O6P/c1-6-8-10-12-14-16-18-20-22-24-26-28-30-32-34-35-36-37-38-39-40-42-44-46-48-50-52-54-56-58-60-62-64-66-72(76)73-70(69-80-81(77,78)79-68-67-74(3,4)5)71(75)65-63-61-59-57-55-53-51-49-47-45-43-41-33-31-29-27-25-23-21-19-17-15-13-11-9-7-2/h8,10,14,16,20,22,26,28,32,34,70-71,75H,6-7,9,11-13,15,17-19,21,23-25,27,29-31,33,35-69H2,1-5H3,(H-,73,76,77,78)/b10-8-,16-14-,22-20-,28-26-,34-32-. The van der Waals surface area contributed by atoms with E-state index in [0.717, 1.165) is 70.6 Å². The van der Waals surface area contributed by atoms with Crippen molar-refractivity contribution < 1.29 is 32.9 Å². The second kappa shape index (κ2) is 62.7. The number of unbranched alkanes of at least 4 members (excludes halogenated alkanes) is 42. The molecule has 0 fully saturated rings. The Bertz CT molecular complexity index is 1500. The fourth-order valence-electron chi connectivity index (χ4n) is 10.6. The van der Waals surface area contributed by atoms with Crippen LogP contribution in [0.1, 0.15) is 341 Å². The van der Waals surface area contributed by atoms with Crippen molar-refractivity contribution in [3.8, 4) is 0 Å². The number of likely N-dealkylation sites (N-methyl/N-ethyl adjacent to an activating group) is 1. The Labute approximate surface area is 504 Å². The van der Waals surface area contributed by atoms with Crippen LogP contribution < -0.4 is 10.2 Å². The molecule has 0 spiro atoms. The van der Waals surface area contributed by atoms with Crippen molar-refractivity contribution in [1.82, 2.24) is 5.32 Å². The molecule has 9 heteroatoms. The second-order valence-corrected chi connectivity index (χ2v) is 26.6. The maximum absolute atomic E-state index is 13.1. The number of phosphoric ester groups is 1. The van der Waals surface area contributed by atoms with Crippen LogP contribution in [0.5, 0.6) is 0 Å². The van der Waals surface area contributed by atoms with E-state index in [1.807, 2.05) is 21.1 Å². The van der Waals surface area contributed by atoms with Gasteiger partial charge in [-0.05, 0) is 57.8 Å². The van der Waals surface area contributed by atoms with Gasteiger partial charge in [0.05, 0.1) is 39.9 Å². The van der Waals surface area contributed by atoms with E-state index in [-0.39, 0.29) is 19.1 Å². The van der Waals surface area contributed by atoms with Crippen molar-refractivity contribution in [2.75, 3.05) is 40.9 Å². The van der Waals surface area contributed by atoms with Gasteiger partial charge in [0, 0.05) is 6.42 Å². The molecule has 2 N–H and O–H groups in total. The molecule has 81 heavy (non-hydrogen) atoms. The van der Waals surface area contributed by atoms with Gasteiger partial charge in [0.2, 0.25) is 5.91 Å². The number of carbonyl (C=O) groups excluding carboxylic acids is 1. The van der Waals surface area contributed by atoms with Crippen LogP contribution in [-0.4, -0.2) is 68.5 Å². The van der Waals surface area contributed by atoms with Crippen molar-refractivity contribution in [3.05, 3.63) is 60.8 Å². The molecule has 0 aromatic rings. The van der Waals surface area contributed by atoms with E-state index in [0.29, 0.717) is 23.9 Å². The Morgan fingerprint density at radius 1 is 0.444 bits per heavy atom. The first kappa shape index (κ1) is 79.2. The van der Waals surface area contributed by atoms with Gasteiger partial charge in [-0.25, -0.2) is 0 Å². The van der Waals surface area contributed by atoms with Crippen LogP contribution in [-0.2, 0) is 18.4 Å². The van der Waals surface area contributed by atoms with E-state index in [9.17, 15) is 19.4 Å². The third-order valence-electron chi connectivity index (χ3n) is 16.0. The predicted octanol–water partition coefficient (Wildman–Crippen LogP) is 21.8. The lowest BCUT2D eigenvalue weighted by Crippen LogP contribution is -2.46. The van der Waals surface area contributed by atoms with Gasteiger partial charge < -0.3 is 28.8 Å². The van der Waals surface area contributed by atoms with Gasteiger partial charge in [-0.1, -0.05) is 338 Å². The molecule has 0 saturated heterocycles. The van der Waals surface area contributed by atoms with E-state index >= 15 is 0 Å². The van der Waals surface area contributed by atoms with Gasteiger partial charge in [0.1, 0.15) is 13.2 Å². The number of amides is 1. The van der Waals surface area contributed by atoms with Gasteiger partial charge >= 0.3 is 0 Å². The van der Waals surface area contributed by atoms with E-state index in [1.165, 1.54) is 244 Å². The highest BCUT2D eigenvalue weighted by molar-refractivity contribution is 7.45. The maximum atomic E-state index is 13.1. The maximum Gasteiger partial charge on any atom is 0.268 e. The van der Waals surface area contributed by atoms with Crippen LogP contribution in [0.4, 0.5) is 0 Å². The summed E-state index contributed by atoms with van der Waals surface area (Å²) in [7, 11) is 1.32. The van der Waals surface area contributed by atoms with E-state index in [4.69, 9.17) is 9.05 Å². The quantitative estimate of drug-likeness (QED) is 0.0272. The van der Waals surface area contributed by atoms with Crippen molar-refractivity contribution in [1.29, 1.82) is 0 Å². The average Bonchev–Trinajstić information content (AvgIpc) is 3.43. The van der Waals surface area contributed by atoms with Crippen LogP contribution in [0.2, 0.25) is 0 Å². The number of hydrogen-bond donors (Lipinski definition) is 2. The molecule has 0 saturated carbocycles. The molecule has 0 rings (SSSR count). The number of aliphatic hydroxyl groups is 1. The summed E-state index contributed by atoms with van der Waals surface area (Å²) >= 11 is 0. The molecule has 3 unspecified atom stereocenters. The summed E-state index contributed by atoms with van der Waals surface area (Å²) in [4.78, 5) is 25.7. The Balaban J connectivity index is 4.01. The minimum absolute atomic E-state index is 0.0126. The van der Waals surface area contributed by atoms with Crippen LogP contribution >= 0.6 is 7.82 Å². The molecule has 0 aromatic carbocycles. The Kier molecular flexibility index (Phi) is 61.3. The van der Waals surface area contributed by atoms with Gasteiger partial charge in [-0.15, -0.1) is 0 Å². The highest BCUT2D eigenvalue weighted by Crippen LogP contribution is 2.38. The number of rotatable bonds is 65. The SMILES string of the molecule is CC/C=C\C/C=C\C/C=C\C/C=C\C/C=C\CCCCCCCCCCCCCCCCCCCC(=O)NC(COP(=O)([O-])OCC[N+](C)(C)C)C(O)CCCCCCCCCCCCCCCCCCCCCCCCCCCC. The summed E-state index contributed by atoms with van der Waals surface area (Å²) in [5.74, 6) is -0.160. The molecule has 8 nitrogen and oxygen atoms in total. The first-order chi connectivity index (χ1) is 39.5. The van der Waals surface area contributed by atoms with Crippen LogP contribution in [0, 0.1) is 0 Å². The molecule has 0 radical (unpaired) electrons. The fraction of sp³-hybridized carbons (Fsp3) is 0.847. The Morgan fingerprint density at radius 3 is 1.10 bits per heavy atom. The number of phosphoric acid groups is 1. The van der Waals surface area contributed by atoms with E-state index in [2.05, 4.69) is 79.9 Å². The lowest BCUT2D eigenvalue weighted by Gasteiger charge is -2.30. The minimum atomic E-state index is -4.58. The Hall–Kier alpha value is -1.80. The van der Waals surface area contributed by atoms with Crippen LogP contribution in [0.3, 0.4) is 0 Å². The molecule has 0 bridgehead atoms. The van der Waals surface area contributed by atoms with Crippen molar-refractivity contribution in [2.24, 2.45) is 0 Å². The van der Waals surface area contributed by atoms with Gasteiger partial charge in [0.15, 0.2) is 0 Å². The van der Waals surface area contributed by atoms with Gasteiger partial charge in [-0.3, -0.25) is 9.36 Å². The number of allylic oxidation sites excluding steroid dienone is 10. The number of nitrogens with zero attached hydrogens (tertiary/aromatic N) is 1. The largest absolute Gasteiger partial charge is 0.756 e. The van der Waals surface area contributed by atoms with Gasteiger partial charge in [-0.2, -0.15) is 0 Å². The first-order valence-electron chi connectivity index (χ1n) is 35.1. The monoisotopic (exact) mass is 1160 g/mol. The fourth-order valence-corrected chi connectivity index (χ4v) is 11.3. The lowest BCUT2D eigenvalue weighted by molar-refractivity contribution is -0.870. The summed E-state index contributed by atoms with van der Waals surface area (Å²) in [6.45, 7) is 4.66. The zero-order valence-corrected chi connectivity index (χ0v) is 55.4. The lowest BCUT2D eigenvalue weighted by atomic mass is 10.0. The van der Waals surface area contributed by atoms with Crippen molar-refractivity contribution in [2.45, 2.75) is 353 Å². The van der Waals surface area contributed by atoms with Crippen LogP contribution in [0.15, 0.2) is 60.8 Å². The van der Waals surface area contributed by atoms with Crippen molar-refractivity contribution in [3.63, 3.8) is 0 Å². The highest BCUT2D eigenvalue weighted by atomic mass is 31.2. The van der Waals surface area contributed by atoms with E-state index in [1.54, 1.807) is 0 Å². The van der Waals surface area contributed by atoms with Gasteiger partial charge in [0.25, 0.3) is 7.82 Å². The normalized spacial score (nSPS) is 14.0. The van der Waals surface area contributed by atoms with Crippen molar-refractivity contribution >= 4 is 13.7 Å². The summed E-state index contributed by atoms with van der Waals surface area (Å²) in [5, 5.41) is 14.1. The summed E-state index contributed by atoms with van der Waals surface area (Å²) in [5.41, 5.74) is 0. The molecule has 0 aromatic heterocycles. The topological polar surface area (TPSA) is 108 Å². The highest BCUT2D eigenvalue weighted by Gasteiger charge is 2.24. The minimum Gasteiger partial charge on any atom is -0.756 e. The molecular weight excluding hydrogens is 1020 g/mol. The van der Waals surface area contributed by atoms with Crippen LogP contribution in [0.25, 0.3) is 0 Å². The molecule has 0 aliphatic heterocycles. The summed E-state index contributed by atoms with van der Waals surface area (Å²) in [6.07, 6.45) is 85.8. The number of nitrogens with one attached hydrogen (secondary N) is 1. The molecule has 1 amide bonds. The zero-order chi connectivity index (χ0) is 59.1.